The van der Waals surface area contributed by atoms with Crippen LogP contribution < -0.4 is 21.4 Å². The van der Waals surface area contributed by atoms with Gasteiger partial charge >= 0.3 is 5.69 Å². The van der Waals surface area contributed by atoms with E-state index in [0.29, 0.717) is 33.8 Å². The van der Waals surface area contributed by atoms with Gasteiger partial charge in [0.25, 0.3) is 5.56 Å². The fourth-order valence-electron chi connectivity index (χ4n) is 2.85. The zero-order chi connectivity index (χ0) is 21.3. The van der Waals surface area contributed by atoms with Crippen molar-refractivity contribution in [2.24, 2.45) is 18.1 Å². The molecule has 3 rings (SSSR count). The first-order chi connectivity index (χ1) is 13.7. The van der Waals surface area contributed by atoms with E-state index in [1.807, 2.05) is 13.8 Å². The predicted octanol–water partition coefficient (Wildman–Crippen LogP) is 2.00. The van der Waals surface area contributed by atoms with E-state index >= 15 is 0 Å². The largest absolute Gasteiger partial charge is 0.503 e. The van der Waals surface area contributed by atoms with Crippen molar-refractivity contribution in [2.75, 3.05) is 12.5 Å². The number of halogens is 1. The number of anilines is 1. The van der Waals surface area contributed by atoms with Crippen LogP contribution in [0.15, 0.2) is 31.3 Å². The van der Waals surface area contributed by atoms with Gasteiger partial charge in [0.05, 0.1) is 17.8 Å². The van der Waals surface area contributed by atoms with Gasteiger partial charge in [0.15, 0.2) is 22.7 Å². The molecule has 0 amide bonds. The number of nitrogens with zero attached hydrogens (tertiary/aromatic N) is 4. The van der Waals surface area contributed by atoms with Crippen LogP contribution in [-0.2, 0) is 13.6 Å². The molecule has 3 aromatic rings. The van der Waals surface area contributed by atoms with E-state index in [2.05, 4.69) is 36.4 Å². The summed E-state index contributed by atoms with van der Waals surface area (Å²) in [6, 6.07) is 3.30. The Labute approximate surface area is 174 Å². The topological polar surface area (TPSA) is 127 Å². The smallest absolute Gasteiger partial charge is 0.329 e. The van der Waals surface area contributed by atoms with Crippen LogP contribution in [0.2, 0.25) is 0 Å². The molecule has 0 unspecified atom stereocenters. The maximum atomic E-state index is 12.4. The normalized spacial score (nSPS) is 11.7. The number of rotatable bonds is 6. The Kier molecular flexibility index (Phi) is 5.78. The number of methoxy groups -OCH3 is 1. The maximum Gasteiger partial charge on any atom is 0.329 e. The van der Waals surface area contributed by atoms with E-state index in [4.69, 9.17) is 4.74 Å². The van der Waals surface area contributed by atoms with Crippen LogP contribution in [0.25, 0.3) is 11.2 Å². The van der Waals surface area contributed by atoms with Crippen molar-refractivity contribution in [3.05, 3.63) is 43.0 Å². The van der Waals surface area contributed by atoms with E-state index in [9.17, 15) is 14.7 Å². The molecule has 10 nitrogen and oxygen atoms in total. The van der Waals surface area contributed by atoms with Crippen LogP contribution in [0.1, 0.15) is 19.4 Å². The molecule has 29 heavy (non-hydrogen) atoms. The van der Waals surface area contributed by atoms with Crippen LogP contribution in [0.4, 0.5) is 5.95 Å². The molecule has 0 aliphatic heterocycles. The highest BCUT2D eigenvalue weighted by atomic mass is 79.9. The second kappa shape index (κ2) is 8.11. The number of fused-ring (bicyclic) bond motifs is 1. The Balaban J connectivity index is 2.02. The summed E-state index contributed by atoms with van der Waals surface area (Å²) in [6.07, 6.45) is 1.52. The van der Waals surface area contributed by atoms with E-state index in [0.717, 1.165) is 0 Å². The number of benzene rings is 1. The fourth-order valence-corrected chi connectivity index (χ4v) is 3.31. The Hall–Kier alpha value is -3.08. The summed E-state index contributed by atoms with van der Waals surface area (Å²) >= 11 is 3.26. The maximum absolute atomic E-state index is 12.4. The number of aromatic amines is 1. The van der Waals surface area contributed by atoms with Crippen LogP contribution in [0, 0.1) is 5.92 Å². The summed E-state index contributed by atoms with van der Waals surface area (Å²) in [4.78, 5) is 30.9. The monoisotopic (exact) mass is 464 g/mol. The van der Waals surface area contributed by atoms with Crippen molar-refractivity contribution in [3.63, 3.8) is 0 Å². The van der Waals surface area contributed by atoms with Gasteiger partial charge in [-0.2, -0.15) is 10.1 Å². The van der Waals surface area contributed by atoms with Gasteiger partial charge in [-0.15, -0.1) is 0 Å². The summed E-state index contributed by atoms with van der Waals surface area (Å²) in [5, 5.41) is 14.1. The molecule has 2 aromatic heterocycles. The summed E-state index contributed by atoms with van der Waals surface area (Å²) in [6.45, 7) is 4.53. The first kappa shape index (κ1) is 20.6. The lowest BCUT2D eigenvalue weighted by Crippen LogP contribution is -2.29. The summed E-state index contributed by atoms with van der Waals surface area (Å²) < 4.78 is 8.57. The van der Waals surface area contributed by atoms with E-state index in [1.165, 1.54) is 17.9 Å². The molecular weight excluding hydrogens is 444 g/mol. The molecule has 0 bridgehead atoms. The molecule has 0 fully saturated rings. The zero-order valence-corrected chi connectivity index (χ0v) is 17.9. The van der Waals surface area contributed by atoms with Gasteiger partial charge in [-0.1, -0.05) is 13.8 Å². The van der Waals surface area contributed by atoms with Gasteiger partial charge in [-0.3, -0.25) is 14.3 Å². The van der Waals surface area contributed by atoms with Gasteiger partial charge < -0.3 is 14.4 Å². The van der Waals surface area contributed by atoms with Crippen LogP contribution in [0.5, 0.6) is 11.5 Å². The van der Waals surface area contributed by atoms with Crippen LogP contribution in [-0.4, -0.2) is 37.5 Å². The molecule has 11 heteroatoms. The Bertz CT molecular complexity index is 1210. The first-order valence-electron chi connectivity index (χ1n) is 8.78. The molecule has 0 aliphatic carbocycles. The number of hydrazone groups is 1. The third kappa shape index (κ3) is 4.04. The van der Waals surface area contributed by atoms with Crippen molar-refractivity contribution in [1.82, 2.24) is 19.1 Å². The number of phenolic OH excluding ortho intramolecular Hbond substituents is 1. The van der Waals surface area contributed by atoms with Crippen molar-refractivity contribution >= 4 is 39.3 Å². The highest BCUT2D eigenvalue weighted by Crippen LogP contribution is 2.34. The average Bonchev–Trinajstić information content (AvgIpc) is 3.01. The number of aromatic nitrogens is 4. The molecule has 0 spiro atoms. The summed E-state index contributed by atoms with van der Waals surface area (Å²) in [7, 11) is 3.00. The third-order valence-electron chi connectivity index (χ3n) is 4.20. The standard InChI is InChI=1S/C18H21BrN6O4/c1-9(2)8-25-13-15(24(3)18(28)22-16(13)27)21-17(25)23-20-7-10-5-11(19)14(26)12(6-10)29-4/h5-7,9,26H,8H2,1-4H3,(H,21,23)(H,22,27,28)/b20-7-. The number of ether oxygens (including phenoxy) is 1. The SMILES string of the molecule is COc1cc(/C=N\Nc2nc3c(c(=O)[nH]c(=O)n3C)n2CC(C)C)cc(Br)c1O. The van der Waals surface area contributed by atoms with Crippen LogP contribution >= 0.6 is 15.9 Å². The lowest BCUT2D eigenvalue weighted by atomic mass is 10.2. The van der Waals surface area contributed by atoms with Gasteiger partial charge in [0.2, 0.25) is 5.95 Å². The molecule has 0 radical (unpaired) electrons. The second-order valence-electron chi connectivity index (χ2n) is 6.85. The molecule has 2 heterocycles. The molecule has 0 atom stereocenters. The minimum atomic E-state index is -0.534. The predicted molar refractivity (Wildman–Crippen MR) is 114 cm³/mol. The minimum Gasteiger partial charge on any atom is -0.503 e. The zero-order valence-electron chi connectivity index (χ0n) is 16.4. The second-order valence-corrected chi connectivity index (χ2v) is 7.71. The lowest BCUT2D eigenvalue weighted by Gasteiger charge is -2.10. The van der Waals surface area contributed by atoms with Gasteiger partial charge in [0.1, 0.15) is 0 Å². The highest BCUT2D eigenvalue weighted by molar-refractivity contribution is 9.10. The third-order valence-corrected chi connectivity index (χ3v) is 4.81. The van der Waals surface area contributed by atoms with Gasteiger partial charge in [-0.05, 0) is 39.5 Å². The Morgan fingerprint density at radius 3 is 2.79 bits per heavy atom. The fraction of sp³-hybridized carbons (Fsp3) is 0.333. The molecule has 154 valence electrons. The lowest BCUT2D eigenvalue weighted by molar-refractivity contribution is 0.372. The number of hydrogen-bond acceptors (Lipinski definition) is 7. The molecule has 0 aliphatic rings. The number of nitrogens with one attached hydrogen (secondary N) is 2. The van der Waals surface area contributed by atoms with Crippen molar-refractivity contribution in [2.45, 2.75) is 20.4 Å². The highest BCUT2D eigenvalue weighted by Gasteiger charge is 2.17. The Morgan fingerprint density at radius 2 is 2.14 bits per heavy atom. The molecule has 0 saturated heterocycles. The van der Waals surface area contributed by atoms with E-state index < -0.39 is 11.2 Å². The number of aromatic hydroxyl groups is 1. The molecule has 0 saturated carbocycles. The molecule has 1 aromatic carbocycles. The minimum absolute atomic E-state index is 0.00326. The van der Waals surface area contributed by atoms with Gasteiger partial charge in [0, 0.05) is 13.6 Å². The number of H-pyrrole nitrogens is 1. The van der Waals surface area contributed by atoms with E-state index in [-0.39, 0.29) is 17.3 Å². The number of hydrogen-bond donors (Lipinski definition) is 3. The number of phenols is 1. The summed E-state index contributed by atoms with van der Waals surface area (Å²) in [5.74, 6) is 0.859. The number of imidazole rings is 1. The van der Waals surface area contributed by atoms with Crippen molar-refractivity contribution in [3.8, 4) is 11.5 Å². The van der Waals surface area contributed by atoms with E-state index in [1.54, 1.807) is 23.7 Å². The average molecular weight is 465 g/mol. The molecular formula is C18H21BrN6O4. The van der Waals surface area contributed by atoms with Crippen molar-refractivity contribution in [1.29, 1.82) is 0 Å². The first-order valence-corrected chi connectivity index (χ1v) is 9.57. The Morgan fingerprint density at radius 1 is 1.41 bits per heavy atom. The van der Waals surface area contributed by atoms with Crippen LogP contribution in [0.3, 0.4) is 0 Å². The number of aryl methyl sites for hydroxylation is 1. The van der Waals surface area contributed by atoms with Crippen molar-refractivity contribution < 1.29 is 9.84 Å². The van der Waals surface area contributed by atoms with Gasteiger partial charge in [-0.25, -0.2) is 10.2 Å². The quantitative estimate of drug-likeness (QED) is 0.378. The summed E-state index contributed by atoms with van der Waals surface area (Å²) in [5.41, 5.74) is 3.03. The molecule has 3 N–H and O–H groups in total.